The molecule has 0 aliphatic heterocycles. The first-order valence-electron chi connectivity index (χ1n) is 7.81. The molecule has 0 amide bonds. The van der Waals surface area contributed by atoms with Crippen LogP contribution in [0.4, 0.5) is 5.69 Å². The normalized spacial score (nSPS) is 11.5. The molecule has 3 nitrogen and oxygen atoms in total. The zero-order valence-electron chi connectivity index (χ0n) is 13.4. The SMILES string of the molecule is Cc1cccc([C@H](NC(=S)Nc2cccnc2)c2ccccc2)c1. The molecule has 1 atom stereocenters. The van der Waals surface area contributed by atoms with E-state index in [1.54, 1.807) is 12.4 Å². The number of rotatable bonds is 4. The molecule has 0 saturated carbocycles. The van der Waals surface area contributed by atoms with Crippen molar-refractivity contribution in [1.29, 1.82) is 0 Å². The average Bonchev–Trinajstić information content (AvgIpc) is 2.61. The van der Waals surface area contributed by atoms with Gasteiger partial charge in [0.1, 0.15) is 0 Å². The monoisotopic (exact) mass is 333 g/mol. The third kappa shape index (κ3) is 4.18. The molecule has 0 bridgehead atoms. The highest BCUT2D eigenvalue weighted by Crippen LogP contribution is 2.23. The molecule has 1 aromatic heterocycles. The number of nitrogens with zero attached hydrogens (tertiary/aromatic N) is 1. The highest BCUT2D eigenvalue weighted by molar-refractivity contribution is 7.80. The van der Waals surface area contributed by atoms with Gasteiger partial charge in [0, 0.05) is 6.20 Å². The Hall–Kier alpha value is -2.72. The fraction of sp³-hybridized carbons (Fsp3) is 0.100. The van der Waals surface area contributed by atoms with Crippen LogP contribution in [0.2, 0.25) is 0 Å². The Kier molecular flexibility index (Phi) is 5.18. The highest BCUT2D eigenvalue weighted by atomic mass is 32.1. The molecule has 3 aromatic rings. The summed E-state index contributed by atoms with van der Waals surface area (Å²) in [5.74, 6) is 0. The topological polar surface area (TPSA) is 37.0 Å². The first-order valence-corrected chi connectivity index (χ1v) is 8.22. The number of benzene rings is 2. The van der Waals surface area contributed by atoms with E-state index in [2.05, 4.69) is 58.9 Å². The van der Waals surface area contributed by atoms with Gasteiger partial charge in [-0.3, -0.25) is 4.98 Å². The number of hydrogen-bond donors (Lipinski definition) is 2. The van der Waals surface area contributed by atoms with E-state index in [9.17, 15) is 0 Å². The van der Waals surface area contributed by atoms with Gasteiger partial charge in [-0.25, -0.2) is 0 Å². The number of hydrogen-bond acceptors (Lipinski definition) is 2. The molecule has 120 valence electrons. The fourth-order valence-corrected chi connectivity index (χ4v) is 2.82. The second-order valence-corrected chi connectivity index (χ2v) is 6.01. The first kappa shape index (κ1) is 16.1. The van der Waals surface area contributed by atoms with Gasteiger partial charge >= 0.3 is 0 Å². The Morgan fingerprint density at radius 2 is 1.75 bits per heavy atom. The van der Waals surface area contributed by atoms with E-state index in [1.807, 2.05) is 30.3 Å². The average molecular weight is 333 g/mol. The number of thiocarbonyl (C=S) groups is 1. The van der Waals surface area contributed by atoms with Crippen LogP contribution in [0.1, 0.15) is 22.7 Å². The minimum atomic E-state index is -0.0113. The van der Waals surface area contributed by atoms with Crippen LogP contribution in [0.25, 0.3) is 0 Å². The predicted molar refractivity (Wildman–Crippen MR) is 103 cm³/mol. The second kappa shape index (κ2) is 7.70. The summed E-state index contributed by atoms with van der Waals surface area (Å²) >= 11 is 5.50. The van der Waals surface area contributed by atoms with Crippen molar-refractivity contribution < 1.29 is 0 Å². The molecule has 0 aliphatic rings. The molecule has 24 heavy (non-hydrogen) atoms. The molecule has 0 saturated heterocycles. The van der Waals surface area contributed by atoms with Crippen LogP contribution in [0.5, 0.6) is 0 Å². The lowest BCUT2D eigenvalue weighted by atomic mass is 9.97. The molecule has 2 N–H and O–H groups in total. The Labute approximate surface area is 147 Å². The molecule has 3 rings (SSSR count). The Bertz CT molecular complexity index is 803. The van der Waals surface area contributed by atoms with Crippen LogP contribution < -0.4 is 10.6 Å². The zero-order valence-corrected chi connectivity index (χ0v) is 14.3. The molecular formula is C20H19N3S. The summed E-state index contributed by atoms with van der Waals surface area (Å²) < 4.78 is 0. The molecular weight excluding hydrogens is 314 g/mol. The largest absolute Gasteiger partial charge is 0.352 e. The lowest BCUT2D eigenvalue weighted by Gasteiger charge is -2.22. The van der Waals surface area contributed by atoms with E-state index < -0.39 is 0 Å². The van der Waals surface area contributed by atoms with Gasteiger partial charge in [0.15, 0.2) is 5.11 Å². The van der Waals surface area contributed by atoms with Crippen molar-refractivity contribution in [3.63, 3.8) is 0 Å². The van der Waals surface area contributed by atoms with Gasteiger partial charge in [-0.2, -0.15) is 0 Å². The molecule has 4 heteroatoms. The number of aromatic nitrogens is 1. The van der Waals surface area contributed by atoms with Crippen LogP contribution >= 0.6 is 12.2 Å². The minimum absolute atomic E-state index is 0.0113. The minimum Gasteiger partial charge on any atom is -0.352 e. The summed E-state index contributed by atoms with van der Waals surface area (Å²) in [6, 6.07) is 22.6. The summed E-state index contributed by atoms with van der Waals surface area (Å²) in [7, 11) is 0. The van der Waals surface area contributed by atoms with Crippen LogP contribution in [-0.4, -0.2) is 10.1 Å². The zero-order chi connectivity index (χ0) is 16.8. The van der Waals surface area contributed by atoms with Gasteiger partial charge in [0.05, 0.1) is 17.9 Å². The van der Waals surface area contributed by atoms with Crippen LogP contribution in [0, 0.1) is 6.92 Å². The maximum Gasteiger partial charge on any atom is 0.171 e. The van der Waals surface area contributed by atoms with Crippen molar-refractivity contribution >= 4 is 23.0 Å². The van der Waals surface area contributed by atoms with Crippen molar-refractivity contribution in [3.8, 4) is 0 Å². The summed E-state index contributed by atoms with van der Waals surface area (Å²) in [6.45, 7) is 2.10. The van der Waals surface area contributed by atoms with Crippen molar-refractivity contribution in [2.45, 2.75) is 13.0 Å². The van der Waals surface area contributed by atoms with Gasteiger partial charge < -0.3 is 10.6 Å². The van der Waals surface area contributed by atoms with Gasteiger partial charge in [-0.05, 0) is 42.4 Å². The summed E-state index contributed by atoms with van der Waals surface area (Å²) in [4.78, 5) is 4.09. The van der Waals surface area contributed by atoms with E-state index in [0.29, 0.717) is 5.11 Å². The van der Waals surface area contributed by atoms with Gasteiger partial charge in [0.25, 0.3) is 0 Å². The molecule has 0 radical (unpaired) electrons. The van der Waals surface area contributed by atoms with E-state index in [-0.39, 0.29) is 6.04 Å². The van der Waals surface area contributed by atoms with Gasteiger partial charge in [-0.15, -0.1) is 0 Å². The summed E-state index contributed by atoms with van der Waals surface area (Å²) in [6.07, 6.45) is 3.49. The van der Waals surface area contributed by atoms with Crippen LogP contribution in [0.3, 0.4) is 0 Å². The molecule has 0 fully saturated rings. The lowest BCUT2D eigenvalue weighted by molar-refractivity contribution is 0.767. The third-order valence-corrected chi connectivity index (χ3v) is 3.92. The van der Waals surface area contributed by atoms with E-state index >= 15 is 0 Å². The van der Waals surface area contributed by atoms with Crippen LogP contribution in [-0.2, 0) is 0 Å². The standard InChI is InChI=1S/C20H19N3S/c1-15-7-5-10-17(13-15)19(16-8-3-2-4-9-16)23-20(24)22-18-11-6-12-21-14-18/h2-14,19H,1H3,(H2,22,23,24)/t19-/m1/s1. The Morgan fingerprint density at radius 1 is 0.958 bits per heavy atom. The van der Waals surface area contributed by atoms with Crippen molar-refractivity contribution in [1.82, 2.24) is 10.3 Å². The molecule has 0 spiro atoms. The molecule has 1 heterocycles. The molecule has 2 aromatic carbocycles. The number of nitrogens with one attached hydrogen (secondary N) is 2. The molecule has 0 aliphatic carbocycles. The van der Waals surface area contributed by atoms with Gasteiger partial charge in [-0.1, -0.05) is 60.2 Å². The maximum atomic E-state index is 5.50. The summed E-state index contributed by atoms with van der Waals surface area (Å²) in [5.41, 5.74) is 4.43. The van der Waals surface area contributed by atoms with Gasteiger partial charge in [0.2, 0.25) is 0 Å². The fourth-order valence-electron chi connectivity index (χ4n) is 2.59. The number of anilines is 1. The first-order chi connectivity index (χ1) is 11.7. The third-order valence-electron chi connectivity index (χ3n) is 3.70. The van der Waals surface area contributed by atoms with E-state index in [1.165, 1.54) is 16.7 Å². The summed E-state index contributed by atoms with van der Waals surface area (Å²) in [5, 5.41) is 7.17. The smallest absolute Gasteiger partial charge is 0.171 e. The predicted octanol–water partition coefficient (Wildman–Crippen LogP) is 4.47. The quantitative estimate of drug-likeness (QED) is 0.691. The maximum absolute atomic E-state index is 5.50. The van der Waals surface area contributed by atoms with Crippen molar-refractivity contribution in [2.24, 2.45) is 0 Å². The Balaban J connectivity index is 1.84. The Morgan fingerprint density at radius 3 is 2.46 bits per heavy atom. The second-order valence-electron chi connectivity index (χ2n) is 5.60. The highest BCUT2D eigenvalue weighted by Gasteiger charge is 2.15. The lowest BCUT2D eigenvalue weighted by Crippen LogP contribution is -2.33. The van der Waals surface area contributed by atoms with E-state index in [0.717, 1.165) is 5.69 Å². The van der Waals surface area contributed by atoms with Crippen molar-refractivity contribution in [2.75, 3.05) is 5.32 Å². The molecule has 0 unspecified atom stereocenters. The van der Waals surface area contributed by atoms with Crippen molar-refractivity contribution in [3.05, 3.63) is 95.8 Å². The van der Waals surface area contributed by atoms with E-state index in [4.69, 9.17) is 12.2 Å². The van der Waals surface area contributed by atoms with Crippen LogP contribution in [0.15, 0.2) is 79.1 Å². The number of aryl methyl sites for hydroxylation is 1. The number of pyridine rings is 1.